The van der Waals surface area contributed by atoms with Gasteiger partial charge < -0.3 is 18.8 Å². The second-order valence-corrected chi connectivity index (χ2v) is 10.1. The number of halogens is 1. The minimum atomic E-state index is -0.567. The van der Waals surface area contributed by atoms with Gasteiger partial charge in [-0.2, -0.15) is 0 Å². The van der Waals surface area contributed by atoms with E-state index < -0.39 is 23.9 Å². The van der Waals surface area contributed by atoms with Gasteiger partial charge in [0.25, 0.3) is 0 Å². The number of hydrogen-bond acceptors (Lipinski definition) is 5. The third-order valence-electron chi connectivity index (χ3n) is 5.61. The number of nitrogens with zero attached hydrogens (tertiary/aromatic N) is 1. The molecule has 1 amide bonds. The molecule has 2 saturated heterocycles. The zero-order valence-corrected chi connectivity index (χ0v) is 19.1. The van der Waals surface area contributed by atoms with Crippen molar-refractivity contribution in [2.75, 3.05) is 19.8 Å². The summed E-state index contributed by atoms with van der Waals surface area (Å²) in [5.74, 6) is 0. The maximum Gasteiger partial charge on any atom is 0.494 e. The van der Waals surface area contributed by atoms with Crippen LogP contribution in [0.2, 0.25) is 5.02 Å². The molecule has 29 heavy (non-hydrogen) atoms. The lowest BCUT2D eigenvalue weighted by molar-refractivity contribution is -0.0330. The third-order valence-corrected chi connectivity index (χ3v) is 5.83. The van der Waals surface area contributed by atoms with Crippen molar-refractivity contribution in [2.24, 2.45) is 0 Å². The largest absolute Gasteiger partial charge is 0.494 e. The van der Waals surface area contributed by atoms with Crippen molar-refractivity contribution in [3.63, 3.8) is 0 Å². The van der Waals surface area contributed by atoms with Crippen LogP contribution in [0, 0.1) is 0 Å². The molecule has 2 heterocycles. The Morgan fingerprint density at radius 1 is 1.17 bits per heavy atom. The summed E-state index contributed by atoms with van der Waals surface area (Å²) in [7, 11) is -0.531. The van der Waals surface area contributed by atoms with Gasteiger partial charge in [0.15, 0.2) is 0 Å². The summed E-state index contributed by atoms with van der Waals surface area (Å²) in [5.41, 5.74) is 0.226. The van der Waals surface area contributed by atoms with Crippen LogP contribution in [0.25, 0.3) is 0 Å². The fourth-order valence-corrected chi connectivity index (χ4v) is 3.61. The molecule has 1 atom stereocenters. The van der Waals surface area contributed by atoms with Crippen molar-refractivity contribution >= 4 is 30.3 Å². The third kappa shape index (κ3) is 4.90. The fourth-order valence-electron chi connectivity index (χ4n) is 3.36. The van der Waals surface area contributed by atoms with E-state index in [1.165, 1.54) is 0 Å². The van der Waals surface area contributed by atoms with Crippen LogP contribution in [0.15, 0.2) is 18.2 Å². The highest BCUT2D eigenvalue weighted by Gasteiger charge is 2.52. The molecule has 1 aromatic carbocycles. The summed E-state index contributed by atoms with van der Waals surface area (Å²) >= 11 is 6.44. The van der Waals surface area contributed by atoms with Gasteiger partial charge in [-0.1, -0.05) is 17.7 Å². The van der Waals surface area contributed by atoms with Crippen molar-refractivity contribution in [3.8, 4) is 0 Å². The average Bonchev–Trinajstić information content (AvgIpc) is 2.80. The molecule has 0 spiro atoms. The van der Waals surface area contributed by atoms with E-state index in [0.29, 0.717) is 24.8 Å². The van der Waals surface area contributed by atoms with Gasteiger partial charge in [0.1, 0.15) is 5.60 Å². The molecule has 1 aromatic rings. The molecule has 3 rings (SSSR count). The fraction of sp³-hybridized carbons (Fsp3) is 0.667. The van der Waals surface area contributed by atoms with Crippen molar-refractivity contribution in [1.29, 1.82) is 0 Å². The van der Waals surface area contributed by atoms with Crippen molar-refractivity contribution in [2.45, 2.75) is 71.3 Å². The van der Waals surface area contributed by atoms with Gasteiger partial charge >= 0.3 is 13.2 Å². The molecular weight excluding hydrogens is 392 g/mol. The predicted octanol–water partition coefficient (Wildman–Crippen LogP) is 3.95. The van der Waals surface area contributed by atoms with Crippen LogP contribution >= 0.6 is 11.6 Å². The Kier molecular flexibility index (Phi) is 6.00. The van der Waals surface area contributed by atoms with Gasteiger partial charge in [-0.05, 0) is 71.6 Å². The number of benzene rings is 1. The Labute approximate surface area is 178 Å². The number of ether oxygens (including phenoxy) is 2. The van der Waals surface area contributed by atoms with Crippen LogP contribution in [-0.4, -0.2) is 54.7 Å². The number of morpholine rings is 1. The van der Waals surface area contributed by atoms with E-state index in [-0.39, 0.29) is 12.1 Å². The quantitative estimate of drug-likeness (QED) is 0.674. The van der Waals surface area contributed by atoms with Crippen LogP contribution in [-0.2, 0) is 18.8 Å². The Morgan fingerprint density at radius 3 is 2.38 bits per heavy atom. The van der Waals surface area contributed by atoms with E-state index in [2.05, 4.69) is 0 Å². The van der Waals surface area contributed by atoms with Crippen LogP contribution in [0.4, 0.5) is 4.79 Å². The van der Waals surface area contributed by atoms with Gasteiger partial charge in [-0.25, -0.2) is 4.79 Å². The van der Waals surface area contributed by atoms with Crippen molar-refractivity contribution in [3.05, 3.63) is 28.8 Å². The topological polar surface area (TPSA) is 57.2 Å². The summed E-state index contributed by atoms with van der Waals surface area (Å²) in [4.78, 5) is 14.5. The molecule has 2 aliphatic rings. The van der Waals surface area contributed by atoms with E-state index in [1.54, 1.807) is 4.90 Å². The highest BCUT2D eigenvalue weighted by Crippen LogP contribution is 2.37. The lowest BCUT2D eigenvalue weighted by atomic mass is 9.78. The molecule has 0 saturated carbocycles. The maximum absolute atomic E-state index is 12.8. The Balaban J connectivity index is 1.89. The van der Waals surface area contributed by atoms with Gasteiger partial charge in [0.2, 0.25) is 0 Å². The van der Waals surface area contributed by atoms with Crippen LogP contribution in [0.5, 0.6) is 0 Å². The molecule has 160 valence electrons. The molecule has 0 bridgehead atoms. The first-order chi connectivity index (χ1) is 13.3. The first-order valence-corrected chi connectivity index (χ1v) is 10.4. The smallest absolute Gasteiger partial charge is 0.444 e. The monoisotopic (exact) mass is 423 g/mol. The molecule has 0 N–H and O–H groups in total. The standard InChI is InChI=1S/C21H31BClNO5/c1-19(2,3)27-18(25)24-8-9-26-13-17(24)14-10-15(12-16(23)11-14)22-28-20(4,5)21(6,7)29-22/h10-12,17H,8-9,13H2,1-7H3. The van der Waals surface area contributed by atoms with E-state index in [9.17, 15) is 4.79 Å². The minimum Gasteiger partial charge on any atom is -0.444 e. The van der Waals surface area contributed by atoms with E-state index in [1.807, 2.05) is 66.7 Å². The first kappa shape index (κ1) is 22.4. The van der Waals surface area contributed by atoms with Gasteiger partial charge in [-0.15, -0.1) is 0 Å². The molecule has 0 aromatic heterocycles. The lowest BCUT2D eigenvalue weighted by Crippen LogP contribution is -2.46. The zero-order chi connectivity index (χ0) is 21.6. The van der Waals surface area contributed by atoms with Crippen LogP contribution in [0.3, 0.4) is 0 Å². The van der Waals surface area contributed by atoms with Gasteiger partial charge in [0.05, 0.1) is 30.5 Å². The second-order valence-electron chi connectivity index (χ2n) is 9.67. The first-order valence-electron chi connectivity index (χ1n) is 10.0. The molecular formula is C21H31BClNO5. The Morgan fingerprint density at radius 2 is 1.79 bits per heavy atom. The molecule has 8 heteroatoms. The zero-order valence-electron chi connectivity index (χ0n) is 18.4. The van der Waals surface area contributed by atoms with Gasteiger partial charge in [0, 0.05) is 11.6 Å². The van der Waals surface area contributed by atoms with E-state index in [0.717, 1.165) is 11.0 Å². The predicted molar refractivity (Wildman–Crippen MR) is 114 cm³/mol. The Hall–Kier alpha value is -1.28. The average molecular weight is 424 g/mol. The van der Waals surface area contributed by atoms with Gasteiger partial charge in [-0.3, -0.25) is 4.90 Å². The highest BCUT2D eigenvalue weighted by molar-refractivity contribution is 6.62. The number of carbonyl (C=O) groups excluding carboxylic acids is 1. The molecule has 0 aliphatic carbocycles. The summed E-state index contributed by atoms with van der Waals surface area (Å²) in [6.07, 6.45) is -0.358. The van der Waals surface area contributed by atoms with E-state index >= 15 is 0 Å². The number of amides is 1. The lowest BCUT2D eigenvalue weighted by Gasteiger charge is -2.37. The molecule has 6 nitrogen and oxygen atoms in total. The summed E-state index contributed by atoms with van der Waals surface area (Å²) in [6.45, 7) is 14.9. The van der Waals surface area contributed by atoms with E-state index in [4.69, 9.17) is 30.4 Å². The normalized spacial score (nSPS) is 23.9. The van der Waals surface area contributed by atoms with Crippen molar-refractivity contribution < 1.29 is 23.6 Å². The summed E-state index contributed by atoms with van der Waals surface area (Å²) < 4.78 is 23.6. The second kappa shape index (κ2) is 7.76. The molecule has 2 aliphatic heterocycles. The highest BCUT2D eigenvalue weighted by atomic mass is 35.5. The summed E-state index contributed by atoms with van der Waals surface area (Å²) in [5, 5.41) is 0.557. The number of carbonyl (C=O) groups is 1. The number of rotatable bonds is 2. The maximum atomic E-state index is 12.8. The van der Waals surface area contributed by atoms with Crippen molar-refractivity contribution in [1.82, 2.24) is 4.90 Å². The SMILES string of the molecule is CC(C)(C)OC(=O)N1CCOCC1c1cc(Cl)cc(B2OC(C)(C)C(C)(C)O2)c1. The molecule has 1 unspecified atom stereocenters. The Bertz CT molecular complexity index is 761. The minimum absolute atomic E-state index is 0.293. The molecule has 2 fully saturated rings. The molecule has 0 radical (unpaired) electrons. The number of hydrogen-bond donors (Lipinski definition) is 0. The summed E-state index contributed by atoms with van der Waals surface area (Å²) in [6, 6.07) is 5.38. The van der Waals surface area contributed by atoms with Crippen LogP contribution < -0.4 is 5.46 Å². The van der Waals surface area contributed by atoms with Crippen LogP contribution in [0.1, 0.15) is 60.1 Å².